The molecule has 1 unspecified atom stereocenters. The molecule has 0 radical (unpaired) electrons. The number of cyclic esters (lactones) is 1. The van der Waals surface area contributed by atoms with Gasteiger partial charge in [0.25, 0.3) is 0 Å². The van der Waals surface area contributed by atoms with Crippen molar-refractivity contribution < 1.29 is 22.7 Å². The fourth-order valence-corrected chi connectivity index (χ4v) is 2.17. The van der Waals surface area contributed by atoms with Crippen molar-refractivity contribution in [1.29, 1.82) is 0 Å². The minimum atomic E-state index is -4.70. The van der Waals surface area contributed by atoms with Crippen molar-refractivity contribution in [3.63, 3.8) is 0 Å². The Hall–Kier alpha value is -1.87. The number of carbonyl (C=O) groups excluding carboxylic acids is 1. The Morgan fingerprint density at radius 2 is 2.05 bits per heavy atom. The predicted molar refractivity (Wildman–Crippen MR) is 69.7 cm³/mol. The van der Waals surface area contributed by atoms with Crippen LogP contribution in [0.25, 0.3) is 0 Å². The van der Waals surface area contributed by atoms with Crippen LogP contribution >= 0.6 is 11.6 Å². The van der Waals surface area contributed by atoms with Crippen molar-refractivity contribution in [2.45, 2.75) is 25.1 Å². The molecular weight excluding hydrogens is 307 g/mol. The van der Waals surface area contributed by atoms with Crippen LogP contribution in [0.3, 0.4) is 0 Å². The van der Waals surface area contributed by atoms with Crippen molar-refractivity contribution >= 4 is 23.4 Å². The van der Waals surface area contributed by atoms with Gasteiger partial charge in [0, 0.05) is 22.5 Å². The van der Waals surface area contributed by atoms with Crippen LogP contribution in [-0.2, 0) is 4.74 Å². The van der Waals surface area contributed by atoms with E-state index >= 15 is 0 Å². The number of anilines is 1. The average Bonchev–Trinajstić information content (AvgIpc) is 3.20. The normalized spacial score (nSPS) is 21.2. The standard InChI is InChI=1S/C14H9ClF3NO2/c15-9-3-4-11-10(7-9)12(14(16,17)18)21-13(20)19(11)6-5-8-1-2-8/h3-4,7-8,12H,1-2H2. The number of ether oxygens (including phenoxy) is 1. The lowest BCUT2D eigenvalue weighted by atomic mass is 10.0. The molecule has 7 heteroatoms. The van der Waals surface area contributed by atoms with Gasteiger partial charge in [-0.2, -0.15) is 13.2 Å². The van der Waals surface area contributed by atoms with Gasteiger partial charge in [-0.25, -0.2) is 9.69 Å². The van der Waals surface area contributed by atoms with Crippen LogP contribution in [0.5, 0.6) is 0 Å². The van der Waals surface area contributed by atoms with E-state index in [1.165, 1.54) is 12.1 Å². The molecule has 1 aromatic carbocycles. The Morgan fingerprint density at radius 1 is 1.33 bits per heavy atom. The summed E-state index contributed by atoms with van der Waals surface area (Å²) in [6.45, 7) is 0. The molecule has 3 rings (SSSR count). The molecule has 0 saturated heterocycles. The minimum Gasteiger partial charge on any atom is -0.430 e. The second kappa shape index (κ2) is 4.85. The van der Waals surface area contributed by atoms with Gasteiger partial charge in [0.15, 0.2) is 0 Å². The van der Waals surface area contributed by atoms with E-state index in [9.17, 15) is 18.0 Å². The molecule has 1 aliphatic carbocycles. The fourth-order valence-electron chi connectivity index (χ4n) is 1.99. The average molecular weight is 316 g/mol. The van der Waals surface area contributed by atoms with E-state index in [1.807, 2.05) is 0 Å². The first-order chi connectivity index (χ1) is 9.86. The number of amides is 1. The van der Waals surface area contributed by atoms with Crippen molar-refractivity contribution in [1.82, 2.24) is 0 Å². The molecule has 0 spiro atoms. The van der Waals surface area contributed by atoms with Crippen LogP contribution in [0.4, 0.5) is 23.7 Å². The van der Waals surface area contributed by atoms with Crippen LogP contribution in [0.15, 0.2) is 18.2 Å². The molecule has 2 aliphatic rings. The number of alkyl halides is 3. The van der Waals surface area contributed by atoms with Gasteiger partial charge < -0.3 is 4.74 Å². The van der Waals surface area contributed by atoms with Gasteiger partial charge in [-0.3, -0.25) is 0 Å². The predicted octanol–water partition coefficient (Wildman–Crippen LogP) is 4.27. The third kappa shape index (κ3) is 2.79. The fraction of sp³-hybridized carbons (Fsp3) is 0.357. The van der Waals surface area contributed by atoms with Gasteiger partial charge in [0.1, 0.15) is 0 Å². The zero-order valence-electron chi connectivity index (χ0n) is 10.6. The summed E-state index contributed by atoms with van der Waals surface area (Å²) >= 11 is 5.75. The summed E-state index contributed by atoms with van der Waals surface area (Å²) in [5.41, 5.74) is -0.147. The number of rotatable bonds is 0. The summed E-state index contributed by atoms with van der Waals surface area (Å²) in [6.07, 6.45) is -6.27. The quantitative estimate of drug-likeness (QED) is 0.669. The SMILES string of the molecule is O=C1OC(C(F)(F)F)c2cc(Cl)ccc2N1C#CC1CC1. The van der Waals surface area contributed by atoms with E-state index < -0.39 is 18.4 Å². The molecular formula is C14H9ClF3NO2. The molecule has 0 N–H and O–H groups in total. The smallest absolute Gasteiger partial charge is 0.430 e. The molecule has 110 valence electrons. The van der Waals surface area contributed by atoms with E-state index in [2.05, 4.69) is 16.7 Å². The number of nitrogens with zero attached hydrogens (tertiary/aromatic N) is 1. The third-order valence-electron chi connectivity index (χ3n) is 3.17. The van der Waals surface area contributed by atoms with Crippen molar-refractivity contribution in [3.8, 4) is 12.0 Å². The molecule has 1 aromatic rings. The van der Waals surface area contributed by atoms with Gasteiger partial charge in [-0.1, -0.05) is 17.5 Å². The highest BCUT2D eigenvalue weighted by molar-refractivity contribution is 6.30. The summed E-state index contributed by atoms with van der Waals surface area (Å²) in [7, 11) is 0. The summed E-state index contributed by atoms with van der Waals surface area (Å²) < 4.78 is 43.5. The maximum Gasteiger partial charge on any atom is 0.430 e. The lowest BCUT2D eigenvalue weighted by Gasteiger charge is -2.31. The lowest BCUT2D eigenvalue weighted by Crippen LogP contribution is -2.39. The van der Waals surface area contributed by atoms with E-state index in [4.69, 9.17) is 11.6 Å². The molecule has 1 saturated carbocycles. The van der Waals surface area contributed by atoms with E-state index in [1.54, 1.807) is 0 Å². The highest BCUT2D eigenvalue weighted by atomic mass is 35.5. The summed E-state index contributed by atoms with van der Waals surface area (Å²) in [6, 6.07) is 6.49. The summed E-state index contributed by atoms with van der Waals surface area (Å²) in [5.74, 6) is 3.03. The van der Waals surface area contributed by atoms with Crippen LogP contribution in [-0.4, -0.2) is 12.3 Å². The second-order valence-corrected chi connectivity index (χ2v) is 5.31. The van der Waals surface area contributed by atoms with Gasteiger partial charge in [0.2, 0.25) is 6.10 Å². The van der Waals surface area contributed by atoms with Gasteiger partial charge >= 0.3 is 12.3 Å². The molecule has 1 fully saturated rings. The van der Waals surface area contributed by atoms with Crippen LogP contribution in [0.2, 0.25) is 5.02 Å². The molecule has 1 aliphatic heterocycles. The maximum atomic E-state index is 13.0. The van der Waals surface area contributed by atoms with Crippen molar-refractivity contribution in [2.75, 3.05) is 4.90 Å². The number of hydrogen-bond acceptors (Lipinski definition) is 2. The van der Waals surface area contributed by atoms with Crippen LogP contribution in [0.1, 0.15) is 24.5 Å². The zero-order chi connectivity index (χ0) is 15.2. The largest absolute Gasteiger partial charge is 0.430 e. The Labute approximate surface area is 123 Å². The molecule has 1 amide bonds. The van der Waals surface area contributed by atoms with E-state index in [-0.39, 0.29) is 22.2 Å². The van der Waals surface area contributed by atoms with Crippen LogP contribution < -0.4 is 4.90 Å². The maximum absolute atomic E-state index is 13.0. The first-order valence-corrected chi connectivity index (χ1v) is 6.62. The number of benzene rings is 1. The van der Waals surface area contributed by atoms with Crippen molar-refractivity contribution in [3.05, 3.63) is 28.8 Å². The second-order valence-electron chi connectivity index (χ2n) is 4.87. The summed E-state index contributed by atoms with van der Waals surface area (Å²) in [4.78, 5) is 12.7. The number of carbonyl (C=O) groups is 1. The Balaban J connectivity index is 2.06. The molecule has 3 nitrogen and oxygen atoms in total. The number of fused-ring (bicyclic) bond motifs is 1. The Kier molecular flexibility index (Phi) is 3.25. The molecule has 1 atom stereocenters. The third-order valence-corrected chi connectivity index (χ3v) is 3.40. The van der Waals surface area contributed by atoms with Gasteiger partial charge in [0.05, 0.1) is 5.69 Å². The first kappa shape index (κ1) is 14.1. The number of hydrogen-bond donors (Lipinski definition) is 0. The molecule has 0 bridgehead atoms. The zero-order valence-corrected chi connectivity index (χ0v) is 11.3. The van der Waals surface area contributed by atoms with E-state index in [0.29, 0.717) is 0 Å². The minimum absolute atomic E-state index is 0.0612. The van der Waals surface area contributed by atoms with E-state index in [0.717, 1.165) is 23.8 Å². The summed E-state index contributed by atoms with van der Waals surface area (Å²) in [5, 5.41) is 0.135. The van der Waals surface area contributed by atoms with Crippen molar-refractivity contribution in [2.24, 2.45) is 5.92 Å². The van der Waals surface area contributed by atoms with Gasteiger partial charge in [-0.05, 0) is 31.0 Å². The monoisotopic (exact) mass is 315 g/mol. The number of halogens is 4. The topological polar surface area (TPSA) is 29.5 Å². The highest BCUT2D eigenvalue weighted by Gasteiger charge is 2.49. The van der Waals surface area contributed by atoms with Gasteiger partial charge in [-0.15, -0.1) is 0 Å². The highest BCUT2D eigenvalue weighted by Crippen LogP contribution is 2.44. The molecule has 0 aromatic heterocycles. The van der Waals surface area contributed by atoms with Crippen LogP contribution in [0, 0.1) is 17.9 Å². The Morgan fingerprint density at radius 3 is 2.67 bits per heavy atom. The molecule has 21 heavy (non-hydrogen) atoms. The molecule has 1 heterocycles. The lowest BCUT2D eigenvalue weighted by molar-refractivity contribution is -0.206. The Bertz CT molecular complexity index is 658. The first-order valence-electron chi connectivity index (χ1n) is 6.24.